The van der Waals surface area contributed by atoms with Crippen molar-refractivity contribution in [2.75, 3.05) is 20.8 Å². The molecule has 98 valence electrons. The quantitative estimate of drug-likeness (QED) is 0.769. The highest BCUT2D eigenvalue weighted by molar-refractivity contribution is 5.99. The van der Waals surface area contributed by atoms with Crippen LogP contribution in [0, 0.1) is 5.92 Å². The number of ether oxygens (including phenoxy) is 3. The Balaban J connectivity index is 2.29. The van der Waals surface area contributed by atoms with Gasteiger partial charge in [0.25, 0.3) is 0 Å². The Morgan fingerprint density at radius 3 is 2.28 bits per heavy atom. The average Bonchev–Trinajstić information content (AvgIpc) is 2.83. The van der Waals surface area contributed by atoms with E-state index in [9.17, 15) is 4.79 Å². The molecule has 0 spiro atoms. The van der Waals surface area contributed by atoms with E-state index in [2.05, 4.69) is 0 Å². The van der Waals surface area contributed by atoms with E-state index in [0.29, 0.717) is 23.7 Å². The largest absolute Gasteiger partial charge is 0.497 e. The van der Waals surface area contributed by atoms with E-state index >= 15 is 0 Å². The van der Waals surface area contributed by atoms with Crippen LogP contribution in [0.25, 0.3) is 0 Å². The minimum Gasteiger partial charge on any atom is -0.497 e. The van der Waals surface area contributed by atoms with Crippen molar-refractivity contribution < 1.29 is 19.0 Å². The molecule has 0 bridgehead atoms. The summed E-state index contributed by atoms with van der Waals surface area (Å²) in [6.07, 6.45) is 0.759. The van der Waals surface area contributed by atoms with E-state index in [0.717, 1.165) is 6.42 Å². The Morgan fingerprint density at radius 2 is 1.83 bits per heavy atom. The SMILES string of the molecule is COc1cc(OC)cc(C(=O)C2CCOC2C)c1. The summed E-state index contributed by atoms with van der Waals surface area (Å²) in [6.45, 7) is 2.59. The van der Waals surface area contributed by atoms with E-state index < -0.39 is 0 Å². The molecule has 4 heteroatoms. The number of hydrogen-bond acceptors (Lipinski definition) is 4. The van der Waals surface area contributed by atoms with E-state index in [-0.39, 0.29) is 17.8 Å². The number of carbonyl (C=O) groups is 1. The number of hydrogen-bond donors (Lipinski definition) is 0. The Labute approximate surface area is 107 Å². The van der Waals surface area contributed by atoms with Crippen LogP contribution in [0.2, 0.25) is 0 Å². The van der Waals surface area contributed by atoms with E-state index in [4.69, 9.17) is 14.2 Å². The third kappa shape index (κ3) is 2.48. The molecule has 1 fully saturated rings. The first-order chi connectivity index (χ1) is 8.65. The van der Waals surface area contributed by atoms with Crippen molar-refractivity contribution in [2.45, 2.75) is 19.4 Å². The predicted molar refractivity (Wildman–Crippen MR) is 67.4 cm³/mol. The fourth-order valence-electron chi connectivity index (χ4n) is 2.24. The predicted octanol–water partition coefficient (Wildman–Crippen LogP) is 2.31. The lowest BCUT2D eigenvalue weighted by molar-refractivity contribution is 0.0763. The van der Waals surface area contributed by atoms with E-state index in [1.807, 2.05) is 6.92 Å². The fraction of sp³-hybridized carbons (Fsp3) is 0.500. The van der Waals surface area contributed by atoms with Crippen LogP contribution < -0.4 is 9.47 Å². The van der Waals surface area contributed by atoms with Gasteiger partial charge in [-0.15, -0.1) is 0 Å². The molecule has 1 heterocycles. The monoisotopic (exact) mass is 250 g/mol. The van der Waals surface area contributed by atoms with Gasteiger partial charge in [-0.25, -0.2) is 0 Å². The van der Waals surface area contributed by atoms with Crippen molar-refractivity contribution in [1.29, 1.82) is 0 Å². The minimum atomic E-state index is -0.0678. The third-order valence-electron chi connectivity index (χ3n) is 3.35. The molecule has 1 aromatic carbocycles. The maximum atomic E-state index is 12.4. The number of Topliss-reactive ketones (excluding diaryl/α,β-unsaturated/α-hetero) is 1. The summed E-state index contributed by atoms with van der Waals surface area (Å²) in [5, 5.41) is 0. The van der Waals surface area contributed by atoms with Gasteiger partial charge in [0.15, 0.2) is 5.78 Å². The molecule has 1 aliphatic heterocycles. The molecule has 0 N–H and O–H groups in total. The first-order valence-corrected chi connectivity index (χ1v) is 6.04. The number of ketones is 1. The second-order valence-corrected chi connectivity index (χ2v) is 4.44. The van der Waals surface area contributed by atoms with Crippen LogP contribution in [0.1, 0.15) is 23.7 Å². The summed E-state index contributed by atoms with van der Waals surface area (Å²) in [6, 6.07) is 5.25. The summed E-state index contributed by atoms with van der Waals surface area (Å²) >= 11 is 0. The number of methoxy groups -OCH3 is 2. The molecule has 4 nitrogen and oxygen atoms in total. The molecule has 0 saturated carbocycles. The number of benzene rings is 1. The van der Waals surface area contributed by atoms with Crippen molar-refractivity contribution in [3.63, 3.8) is 0 Å². The van der Waals surface area contributed by atoms with Crippen LogP contribution in [-0.2, 0) is 4.74 Å². The van der Waals surface area contributed by atoms with E-state index in [1.165, 1.54) is 0 Å². The van der Waals surface area contributed by atoms with E-state index in [1.54, 1.807) is 32.4 Å². The highest BCUT2D eigenvalue weighted by atomic mass is 16.5. The van der Waals surface area contributed by atoms with Crippen molar-refractivity contribution >= 4 is 5.78 Å². The lowest BCUT2D eigenvalue weighted by atomic mass is 9.92. The van der Waals surface area contributed by atoms with Crippen LogP contribution in [0.4, 0.5) is 0 Å². The molecule has 0 radical (unpaired) electrons. The zero-order valence-corrected chi connectivity index (χ0v) is 10.9. The first kappa shape index (κ1) is 12.9. The van der Waals surface area contributed by atoms with Gasteiger partial charge in [0.05, 0.1) is 26.2 Å². The molecule has 0 aromatic heterocycles. The zero-order valence-electron chi connectivity index (χ0n) is 10.9. The van der Waals surface area contributed by atoms with Gasteiger partial charge in [0, 0.05) is 18.2 Å². The first-order valence-electron chi connectivity index (χ1n) is 6.04. The molecular weight excluding hydrogens is 232 g/mol. The van der Waals surface area contributed by atoms with Gasteiger partial charge in [-0.1, -0.05) is 0 Å². The molecule has 0 aliphatic carbocycles. The third-order valence-corrected chi connectivity index (χ3v) is 3.35. The molecule has 2 atom stereocenters. The standard InChI is InChI=1S/C14H18O4/c1-9-13(4-5-18-9)14(15)10-6-11(16-2)8-12(7-10)17-3/h6-9,13H,4-5H2,1-3H3. The van der Waals surface area contributed by atoms with Crippen molar-refractivity contribution in [3.05, 3.63) is 23.8 Å². The van der Waals surface area contributed by atoms with Gasteiger partial charge >= 0.3 is 0 Å². The lowest BCUT2D eigenvalue weighted by Gasteiger charge is -2.14. The summed E-state index contributed by atoms with van der Waals surface area (Å²) in [5.41, 5.74) is 0.619. The second-order valence-electron chi connectivity index (χ2n) is 4.44. The Morgan fingerprint density at radius 1 is 1.22 bits per heavy atom. The maximum Gasteiger partial charge on any atom is 0.168 e. The summed E-state index contributed by atoms with van der Waals surface area (Å²) in [5.74, 6) is 1.28. The normalized spacial score (nSPS) is 22.8. The summed E-state index contributed by atoms with van der Waals surface area (Å²) in [4.78, 5) is 12.4. The molecular formula is C14H18O4. The molecule has 1 saturated heterocycles. The van der Waals surface area contributed by atoms with Crippen LogP contribution in [0.3, 0.4) is 0 Å². The van der Waals surface area contributed by atoms with Gasteiger partial charge in [-0.3, -0.25) is 4.79 Å². The minimum absolute atomic E-state index is 0.0188. The van der Waals surface area contributed by atoms with Crippen molar-refractivity contribution in [1.82, 2.24) is 0 Å². The van der Waals surface area contributed by atoms with Gasteiger partial charge in [0.2, 0.25) is 0 Å². The average molecular weight is 250 g/mol. The Hall–Kier alpha value is -1.55. The Bertz CT molecular complexity index is 419. The van der Waals surface area contributed by atoms with Crippen molar-refractivity contribution in [3.8, 4) is 11.5 Å². The van der Waals surface area contributed by atoms with Crippen LogP contribution >= 0.6 is 0 Å². The molecule has 1 aromatic rings. The van der Waals surface area contributed by atoms with Gasteiger partial charge in [-0.05, 0) is 25.5 Å². The second kappa shape index (κ2) is 5.40. The molecule has 18 heavy (non-hydrogen) atoms. The highest BCUT2D eigenvalue weighted by Gasteiger charge is 2.31. The van der Waals surface area contributed by atoms with Crippen LogP contribution in [-0.4, -0.2) is 32.7 Å². The van der Waals surface area contributed by atoms with Crippen LogP contribution in [0.15, 0.2) is 18.2 Å². The molecule has 2 unspecified atom stereocenters. The fourth-order valence-corrected chi connectivity index (χ4v) is 2.24. The highest BCUT2D eigenvalue weighted by Crippen LogP contribution is 2.29. The summed E-state index contributed by atoms with van der Waals surface area (Å²) < 4.78 is 15.8. The Kier molecular flexibility index (Phi) is 3.87. The summed E-state index contributed by atoms with van der Waals surface area (Å²) in [7, 11) is 3.15. The smallest absolute Gasteiger partial charge is 0.168 e. The lowest BCUT2D eigenvalue weighted by Crippen LogP contribution is -2.21. The molecule has 2 rings (SSSR count). The topological polar surface area (TPSA) is 44.8 Å². The van der Waals surface area contributed by atoms with Crippen molar-refractivity contribution in [2.24, 2.45) is 5.92 Å². The maximum absolute atomic E-state index is 12.4. The molecule has 1 aliphatic rings. The molecule has 0 amide bonds. The number of carbonyl (C=O) groups excluding carboxylic acids is 1. The van der Waals surface area contributed by atoms with Gasteiger partial charge in [-0.2, -0.15) is 0 Å². The number of rotatable bonds is 4. The van der Waals surface area contributed by atoms with Gasteiger partial charge < -0.3 is 14.2 Å². The zero-order chi connectivity index (χ0) is 13.1. The van der Waals surface area contributed by atoms with Gasteiger partial charge in [0.1, 0.15) is 11.5 Å². The van der Waals surface area contributed by atoms with Crippen LogP contribution in [0.5, 0.6) is 11.5 Å².